The Kier molecular flexibility index (Phi) is 4.72. The Balaban J connectivity index is 1.60. The molecule has 0 amide bonds. The van der Waals surface area contributed by atoms with Crippen LogP contribution in [0.2, 0.25) is 0 Å². The molecule has 174 valence electrons. The lowest BCUT2D eigenvalue weighted by Gasteiger charge is -2.68. The van der Waals surface area contributed by atoms with Gasteiger partial charge < -0.3 is 14.2 Å². The summed E-state index contributed by atoms with van der Waals surface area (Å²) in [7, 11) is 3.49. The normalized spacial score (nSPS) is 39.4. The van der Waals surface area contributed by atoms with Crippen molar-refractivity contribution < 1.29 is 19.0 Å². The summed E-state index contributed by atoms with van der Waals surface area (Å²) in [6.07, 6.45) is 7.72. The number of piperidine rings is 1. The van der Waals surface area contributed by atoms with Crippen LogP contribution in [-0.4, -0.2) is 56.2 Å². The van der Waals surface area contributed by atoms with Crippen LogP contribution < -0.4 is 9.47 Å². The standard InChI is InChI=1S/C27H37NO4/c1-5-10-26-14-19(16(2)29)23(31-4)25-27(26)11-12-28(15-17-6-7-17)21(26)13-18-8-9-20(30-3)24(32-25)22(18)27/h8-9,17,19,21,23,25H,5-7,10-15H2,1-4H3/t19-,21-,23?,25+,26-,27+/m1/s1. The van der Waals surface area contributed by atoms with Crippen molar-refractivity contribution in [2.45, 2.75) is 82.5 Å². The molecular formula is C27H37NO4. The van der Waals surface area contributed by atoms with Gasteiger partial charge in [0.05, 0.1) is 7.11 Å². The molecule has 5 aliphatic rings. The smallest absolute Gasteiger partial charge is 0.165 e. The van der Waals surface area contributed by atoms with E-state index >= 15 is 0 Å². The topological polar surface area (TPSA) is 48.0 Å². The summed E-state index contributed by atoms with van der Waals surface area (Å²) >= 11 is 0. The number of likely N-dealkylation sites (tertiary alicyclic amines) is 1. The molecule has 5 heteroatoms. The molecule has 1 saturated heterocycles. The Hall–Kier alpha value is -1.59. The van der Waals surface area contributed by atoms with Gasteiger partial charge in [-0.3, -0.25) is 9.69 Å². The maximum absolute atomic E-state index is 13.0. The third kappa shape index (κ3) is 2.50. The molecule has 1 unspecified atom stereocenters. The zero-order valence-corrected chi connectivity index (χ0v) is 20.0. The molecule has 32 heavy (non-hydrogen) atoms. The Morgan fingerprint density at radius 3 is 2.75 bits per heavy atom. The molecule has 1 aromatic rings. The van der Waals surface area contributed by atoms with E-state index in [9.17, 15) is 4.79 Å². The minimum absolute atomic E-state index is 0.0372. The third-order valence-corrected chi connectivity index (χ3v) is 9.74. The molecule has 0 aromatic heterocycles. The lowest BCUT2D eigenvalue weighted by atomic mass is 9.40. The molecule has 1 aromatic carbocycles. The fourth-order valence-corrected chi connectivity index (χ4v) is 8.45. The van der Waals surface area contributed by atoms with Crippen LogP contribution in [-0.2, 0) is 21.4 Å². The van der Waals surface area contributed by atoms with E-state index in [1.807, 2.05) is 0 Å². The number of hydrogen-bond acceptors (Lipinski definition) is 5. The van der Waals surface area contributed by atoms with Crippen LogP contribution in [0.25, 0.3) is 0 Å². The van der Waals surface area contributed by atoms with Crippen molar-refractivity contribution in [2.24, 2.45) is 17.3 Å². The highest BCUT2D eigenvalue weighted by Gasteiger charge is 2.74. The maximum Gasteiger partial charge on any atom is 0.165 e. The van der Waals surface area contributed by atoms with E-state index in [2.05, 4.69) is 24.0 Å². The van der Waals surface area contributed by atoms with Crippen LogP contribution in [0.1, 0.15) is 63.5 Å². The number of carbonyl (C=O) groups is 1. The summed E-state index contributed by atoms with van der Waals surface area (Å²) in [5, 5.41) is 0. The van der Waals surface area contributed by atoms with E-state index < -0.39 is 0 Å². The molecule has 2 bridgehead atoms. The summed E-state index contributed by atoms with van der Waals surface area (Å²) in [5.74, 6) is 2.74. The van der Waals surface area contributed by atoms with Crippen molar-refractivity contribution in [1.82, 2.24) is 4.90 Å². The van der Waals surface area contributed by atoms with Gasteiger partial charge in [0.15, 0.2) is 11.5 Å². The number of hydrogen-bond donors (Lipinski definition) is 0. The minimum Gasteiger partial charge on any atom is -0.493 e. The number of ether oxygens (including phenoxy) is 3. The summed E-state index contributed by atoms with van der Waals surface area (Å²) in [5.41, 5.74) is 2.76. The van der Waals surface area contributed by atoms with Crippen molar-refractivity contribution in [3.8, 4) is 11.5 Å². The van der Waals surface area contributed by atoms with E-state index in [1.54, 1.807) is 21.1 Å². The van der Waals surface area contributed by atoms with Crippen LogP contribution in [0.5, 0.6) is 11.5 Å². The average Bonchev–Trinajstić information content (AvgIpc) is 3.52. The zero-order valence-electron chi connectivity index (χ0n) is 20.0. The average molecular weight is 440 g/mol. The number of Topliss-reactive ketones (excluding diaryl/α,β-unsaturated/α-hetero) is 1. The van der Waals surface area contributed by atoms with Crippen molar-refractivity contribution >= 4 is 5.78 Å². The summed E-state index contributed by atoms with van der Waals surface area (Å²) < 4.78 is 18.8. The second-order valence-electron chi connectivity index (χ2n) is 11.1. The van der Waals surface area contributed by atoms with E-state index in [0.29, 0.717) is 6.04 Å². The quantitative estimate of drug-likeness (QED) is 0.639. The molecule has 5 nitrogen and oxygen atoms in total. The number of rotatable bonds is 7. The van der Waals surface area contributed by atoms with Gasteiger partial charge in [-0.1, -0.05) is 19.4 Å². The molecule has 0 N–H and O–H groups in total. The highest BCUT2D eigenvalue weighted by atomic mass is 16.6. The van der Waals surface area contributed by atoms with E-state index in [0.717, 1.165) is 56.1 Å². The number of ketones is 1. The fraction of sp³-hybridized carbons (Fsp3) is 0.741. The van der Waals surface area contributed by atoms with Crippen LogP contribution in [0.15, 0.2) is 12.1 Å². The van der Waals surface area contributed by atoms with Gasteiger partial charge in [-0.15, -0.1) is 0 Å². The number of methoxy groups -OCH3 is 2. The first-order valence-corrected chi connectivity index (χ1v) is 12.6. The van der Waals surface area contributed by atoms with Crippen LogP contribution in [0.3, 0.4) is 0 Å². The van der Waals surface area contributed by atoms with Crippen LogP contribution >= 0.6 is 0 Å². The molecule has 0 radical (unpaired) electrons. The van der Waals surface area contributed by atoms with Gasteiger partial charge in [-0.05, 0) is 69.5 Å². The summed E-state index contributed by atoms with van der Waals surface area (Å²) in [4.78, 5) is 15.8. The predicted octanol–water partition coefficient (Wildman–Crippen LogP) is 4.14. The Morgan fingerprint density at radius 1 is 1.28 bits per heavy atom. The number of benzene rings is 1. The molecule has 2 aliphatic heterocycles. The van der Waals surface area contributed by atoms with E-state index in [-0.39, 0.29) is 34.7 Å². The molecule has 3 aliphatic carbocycles. The van der Waals surface area contributed by atoms with Crippen molar-refractivity contribution in [1.29, 1.82) is 0 Å². The van der Waals surface area contributed by atoms with Crippen LogP contribution in [0, 0.1) is 17.3 Å². The summed E-state index contributed by atoms with van der Waals surface area (Å²) in [6, 6.07) is 4.84. The van der Waals surface area contributed by atoms with Gasteiger partial charge >= 0.3 is 0 Å². The van der Waals surface area contributed by atoms with Gasteiger partial charge in [0.2, 0.25) is 0 Å². The third-order valence-electron chi connectivity index (χ3n) is 9.74. The van der Waals surface area contributed by atoms with Crippen LogP contribution in [0.4, 0.5) is 0 Å². The monoisotopic (exact) mass is 439 g/mol. The first kappa shape index (κ1) is 21.0. The lowest BCUT2D eigenvalue weighted by Crippen LogP contribution is -2.75. The number of nitrogens with zero attached hydrogens (tertiary/aromatic N) is 1. The van der Waals surface area contributed by atoms with Crippen molar-refractivity contribution in [3.63, 3.8) is 0 Å². The van der Waals surface area contributed by atoms with Gasteiger partial charge in [0.25, 0.3) is 0 Å². The highest BCUT2D eigenvalue weighted by Crippen LogP contribution is 2.71. The lowest BCUT2D eigenvalue weighted by molar-refractivity contribution is -0.193. The van der Waals surface area contributed by atoms with Gasteiger partial charge in [0, 0.05) is 42.0 Å². The largest absolute Gasteiger partial charge is 0.493 e. The first-order valence-electron chi connectivity index (χ1n) is 12.6. The Bertz CT molecular complexity index is 942. The molecule has 6 atom stereocenters. The van der Waals surface area contributed by atoms with Crippen molar-refractivity contribution in [2.75, 3.05) is 27.3 Å². The van der Waals surface area contributed by atoms with Gasteiger partial charge in [-0.2, -0.15) is 0 Å². The maximum atomic E-state index is 13.0. The van der Waals surface area contributed by atoms with E-state index in [4.69, 9.17) is 14.2 Å². The highest BCUT2D eigenvalue weighted by molar-refractivity contribution is 5.80. The van der Waals surface area contributed by atoms with Gasteiger partial charge in [-0.25, -0.2) is 0 Å². The Morgan fingerprint density at radius 2 is 2.09 bits per heavy atom. The minimum atomic E-state index is -0.212. The molecule has 3 fully saturated rings. The second kappa shape index (κ2) is 7.20. The molecule has 1 spiro atoms. The van der Waals surface area contributed by atoms with E-state index in [1.165, 1.54) is 30.5 Å². The molecule has 6 rings (SSSR count). The first-order chi connectivity index (χ1) is 15.5. The molecular weight excluding hydrogens is 402 g/mol. The predicted molar refractivity (Wildman–Crippen MR) is 122 cm³/mol. The molecule has 2 saturated carbocycles. The fourth-order valence-electron chi connectivity index (χ4n) is 8.45. The number of carbonyl (C=O) groups excluding carboxylic acids is 1. The summed E-state index contributed by atoms with van der Waals surface area (Å²) in [6.45, 7) is 6.39. The second-order valence-corrected chi connectivity index (χ2v) is 11.1. The Labute approximate surface area is 191 Å². The SMILES string of the molecule is CCC[C@]12C[C@H](C(C)=O)C(OC)[C@@H]3Oc4c(OC)ccc5c4[C@@]31CCN(CC1CC1)[C@@H]2C5. The van der Waals surface area contributed by atoms with Gasteiger partial charge in [0.1, 0.15) is 18.0 Å². The van der Waals surface area contributed by atoms with Crippen molar-refractivity contribution in [3.05, 3.63) is 23.3 Å². The zero-order chi connectivity index (χ0) is 22.3. The molecule has 2 heterocycles.